The van der Waals surface area contributed by atoms with Gasteiger partial charge in [-0.05, 0) is 62.8 Å². The summed E-state index contributed by atoms with van der Waals surface area (Å²) in [7, 11) is 1.67. The Balaban J connectivity index is 0.000000390. The highest BCUT2D eigenvalue weighted by Crippen LogP contribution is 2.44. The Labute approximate surface area is 195 Å². The van der Waals surface area contributed by atoms with Gasteiger partial charge in [-0.15, -0.1) is 0 Å². The molecule has 3 atom stereocenters. The van der Waals surface area contributed by atoms with Gasteiger partial charge in [0.25, 0.3) is 0 Å². The average molecular weight is 443 g/mol. The van der Waals surface area contributed by atoms with Gasteiger partial charge in [-0.25, -0.2) is 0 Å². The Kier molecular flexibility index (Phi) is 11.4. The van der Waals surface area contributed by atoms with Crippen LogP contribution < -0.4 is 9.64 Å². The summed E-state index contributed by atoms with van der Waals surface area (Å²) >= 11 is 0. The van der Waals surface area contributed by atoms with Crippen molar-refractivity contribution in [2.75, 3.05) is 18.6 Å². The van der Waals surface area contributed by atoms with Crippen molar-refractivity contribution < 1.29 is 14.3 Å². The molecule has 0 radical (unpaired) electrons. The molecule has 2 fully saturated rings. The molecule has 2 heterocycles. The molecule has 2 aliphatic heterocycles. The van der Waals surface area contributed by atoms with Crippen molar-refractivity contribution in [3.8, 4) is 11.8 Å². The van der Waals surface area contributed by atoms with Gasteiger partial charge >= 0.3 is 5.97 Å². The minimum absolute atomic E-state index is 0.0982. The molecule has 1 aromatic carbocycles. The maximum absolute atomic E-state index is 12.1. The number of rotatable bonds is 10. The number of methoxy groups -OCH3 is 1. The van der Waals surface area contributed by atoms with Crippen molar-refractivity contribution in [2.24, 2.45) is 11.8 Å². The van der Waals surface area contributed by atoms with Gasteiger partial charge in [-0.3, -0.25) is 4.79 Å². The molecule has 2 bridgehead atoms. The number of nitriles is 1. The van der Waals surface area contributed by atoms with Crippen LogP contribution in [0.5, 0.6) is 5.75 Å². The molecule has 0 saturated carbocycles. The fourth-order valence-corrected chi connectivity index (χ4v) is 5.10. The van der Waals surface area contributed by atoms with Crippen molar-refractivity contribution in [1.82, 2.24) is 0 Å². The molecule has 0 amide bonds. The average Bonchev–Trinajstić information content (AvgIpc) is 3.07. The largest absolute Gasteiger partial charge is 0.497 e. The van der Waals surface area contributed by atoms with Crippen LogP contribution in [-0.2, 0) is 9.53 Å². The second-order valence-electron chi connectivity index (χ2n) is 8.99. The van der Waals surface area contributed by atoms with Gasteiger partial charge in [0.05, 0.1) is 19.8 Å². The number of nitrogens with zero attached hydrogens (tertiary/aromatic N) is 2. The number of esters is 1. The number of hydrogen-bond donors (Lipinski definition) is 0. The van der Waals surface area contributed by atoms with Crippen LogP contribution in [0.2, 0.25) is 0 Å². The van der Waals surface area contributed by atoms with Gasteiger partial charge in [0.15, 0.2) is 0 Å². The lowest BCUT2D eigenvalue weighted by atomic mass is 9.81. The van der Waals surface area contributed by atoms with Crippen LogP contribution in [0.1, 0.15) is 85.0 Å². The smallest absolute Gasteiger partial charge is 0.323 e. The zero-order valence-electron chi connectivity index (χ0n) is 20.5. The molecule has 0 aliphatic carbocycles. The number of carbonyl (C=O) groups excluding carboxylic acids is 1. The molecule has 0 aromatic heterocycles. The lowest BCUT2D eigenvalue weighted by Gasteiger charge is -2.41. The van der Waals surface area contributed by atoms with Crippen LogP contribution in [0.15, 0.2) is 24.3 Å². The Hall–Kier alpha value is -2.22. The van der Waals surface area contributed by atoms with E-state index in [0.717, 1.165) is 31.4 Å². The normalized spacial score (nSPS) is 22.3. The molecule has 0 spiro atoms. The second kappa shape index (κ2) is 14.0. The van der Waals surface area contributed by atoms with Crippen molar-refractivity contribution in [1.29, 1.82) is 5.26 Å². The molecular formula is C27H42N2O3. The van der Waals surface area contributed by atoms with E-state index in [9.17, 15) is 10.1 Å². The van der Waals surface area contributed by atoms with Crippen molar-refractivity contribution >= 4 is 11.7 Å². The van der Waals surface area contributed by atoms with E-state index in [1.54, 1.807) is 14.0 Å². The molecule has 0 N–H and O–H groups in total. The lowest BCUT2D eigenvalue weighted by Crippen LogP contribution is -2.45. The zero-order valence-corrected chi connectivity index (χ0v) is 20.5. The van der Waals surface area contributed by atoms with Gasteiger partial charge in [0.2, 0.25) is 0 Å². The van der Waals surface area contributed by atoms with Crippen molar-refractivity contribution in [3.63, 3.8) is 0 Å². The van der Waals surface area contributed by atoms with Crippen LogP contribution in [0.3, 0.4) is 0 Å². The van der Waals surface area contributed by atoms with Crippen molar-refractivity contribution in [3.05, 3.63) is 24.3 Å². The zero-order chi connectivity index (χ0) is 23.3. The van der Waals surface area contributed by atoms with E-state index in [0.29, 0.717) is 18.7 Å². The third-order valence-electron chi connectivity index (χ3n) is 6.75. The Morgan fingerprint density at radius 3 is 2.03 bits per heavy atom. The summed E-state index contributed by atoms with van der Waals surface area (Å²) in [4.78, 5) is 14.5. The SMILES string of the molecule is CCCCCCCC.CCOC(=O)C(C#N)C1CC2CCC(C1)N2c1ccc(OC)cc1. The fraction of sp³-hybridized carbons (Fsp3) is 0.704. The van der Waals surface area contributed by atoms with E-state index < -0.39 is 5.92 Å². The number of hydrogen-bond acceptors (Lipinski definition) is 5. The Bertz CT molecular complexity index is 693. The predicted molar refractivity (Wildman–Crippen MR) is 130 cm³/mol. The molecule has 2 saturated heterocycles. The first kappa shape index (κ1) is 26.0. The lowest BCUT2D eigenvalue weighted by molar-refractivity contribution is -0.148. The van der Waals surface area contributed by atoms with Crippen LogP contribution >= 0.6 is 0 Å². The number of fused-ring (bicyclic) bond motifs is 2. The summed E-state index contributed by atoms with van der Waals surface area (Å²) in [6.45, 7) is 6.62. The van der Waals surface area contributed by atoms with Gasteiger partial charge in [0.1, 0.15) is 11.7 Å². The van der Waals surface area contributed by atoms with Gasteiger partial charge < -0.3 is 14.4 Å². The van der Waals surface area contributed by atoms with Gasteiger partial charge in [-0.2, -0.15) is 5.26 Å². The number of carbonyl (C=O) groups is 1. The van der Waals surface area contributed by atoms with Crippen LogP contribution in [-0.4, -0.2) is 31.8 Å². The Morgan fingerprint density at radius 1 is 1.03 bits per heavy atom. The molecule has 32 heavy (non-hydrogen) atoms. The predicted octanol–water partition coefficient (Wildman–Crippen LogP) is 6.51. The molecule has 1 aromatic rings. The first-order valence-electron chi connectivity index (χ1n) is 12.6. The molecule has 3 unspecified atom stereocenters. The third kappa shape index (κ3) is 7.15. The summed E-state index contributed by atoms with van der Waals surface area (Å²) in [5, 5.41) is 9.43. The first-order valence-corrected chi connectivity index (χ1v) is 12.6. The third-order valence-corrected chi connectivity index (χ3v) is 6.75. The topological polar surface area (TPSA) is 62.6 Å². The molecule has 2 aliphatic rings. The first-order chi connectivity index (χ1) is 15.6. The fourth-order valence-electron chi connectivity index (χ4n) is 5.10. The van der Waals surface area contributed by atoms with Crippen LogP contribution in [0.25, 0.3) is 0 Å². The highest BCUT2D eigenvalue weighted by Gasteiger charge is 2.45. The number of piperidine rings is 1. The van der Waals surface area contributed by atoms with Crippen LogP contribution in [0, 0.1) is 23.2 Å². The maximum Gasteiger partial charge on any atom is 0.323 e. The number of anilines is 1. The Morgan fingerprint density at radius 2 is 1.59 bits per heavy atom. The minimum atomic E-state index is -0.633. The number of benzene rings is 1. The van der Waals surface area contributed by atoms with E-state index in [-0.39, 0.29) is 11.9 Å². The molecule has 3 rings (SSSR count). The summed E-state index contributed by atoms with van der Waals surface area (Å²) < 4.78 is 10.3. The maximum atomic E-state index is 12.1. The monoisotopic (exact) mass is 442 g/mol. The summed E-state index contributed by atoms with van der Waals surface area (Å²) in [5.74, 6) is -0.0396. The molecular weight excluding hydrogens is 400 g/mol. The highest BCUT2D eigenvalue weighted by molar-refractivity contribution is 5.75. The summed E-state index contributed by atoms with van der Waals surface area (Å²) in [5.41, 5.74) is 1.20. The van der Waals surface area contributed by atoms with E-state index >= 15 is 0 Å². The molecule has 178 valence electrons. The number of ether oxygens (including phenoxy) is 2. The van der Waals surface area contributed by atoms with Gasteiger partial charge in [-0.1, -0.05) is 52.4 Å². The number of unbranched alkanes of at least 4 members (excludes halogenated alkanes) is 5. The summed E-state index contributed by atoms with van der Waals surface area (Å²) in [6, 6.07) is 11.1. The van der Waals surface area contributed by atoms with E-state index in [4.69, 9.17) is 9.47 Å². The summed E-state index contributed by atoms with van der Waals surface area (Å²) in [6.07, 6.45) is 12.5. The van der Waals surface area contributed by atoms with Crippen LogP contribution in [0.4, 0.5) is 5.69 Å². The van der Waals surface area contributed by atoms with Gasteiger partial charge in [0, 0.05) is 17.8 Å². The van der Waals surface area contributed by atoms with Crippen molar-refractivity contribution in [2.45, 2.75) is 97.1 Å². The highest BCUT2D eigenvalue weighted by atomic mass is 16.5. The molecule has 5 nitrogen and oxygen atoms in total. The standard InChI is InChI=1S/C19H24N2O3.C8H18/c1-3-24-19(22)18(12-20)13-10-15-4-5-16(11-13)21(15)14-6-8-17(23-2)9-7-14;1-3-5-7-8-6-4-2/h6-9,13,15-16,18H,3-5,10-11H2,1-2H3;3-8H2,1-2H3. The van der Waals surface area contributed by atoms with E-state index in [1.165, 1.54) is 44.2 Å². The minimum Gasteiger partial charge on any atom is -0.497 e. The second-order valence-corrected chi connectivity index (χ2v) is 8.99. The molecule has 5 heteroatoms. The quantitative estimate of drug-likeness (QED) is 0.305. The van der Waals surface area contributed by atoms with E-state index in [2.05, 4.69) is 36.9 Å². The van der Waals surface area contributed by atoms with E-state index in [1.807, 2.05) is 12.1 Å².